The third-order valence-corrected chi connectivity index (χ3v) is 5.70. The average molecular weight is 391 g/mol. The molecule has 0 bridgehead atoms. The van der Waals surface area contributed by atoms with Crippen molar-refractivity contribution in [2.45, 2.75) is 25.9 Å². The van der Waals surface area contributed by atoms with Gasteiger partial charge in [-0.25, -0.2) is 0 Å². The average Bonchev–Trinajstić information content (AvgIpc) is 2.65. The molecule has 1 saturated heterocycles. The van der Waals surface area contributed by atoms with E-state index in [9.17, 15) is 4.79 Å². The van der Waals surface area contributed by atoms with E-state index in [4.69, 9.17) is 23.2 Å². The second kappa shape index (κ2) is 8.90. The molecule has 0 unspecified atom stereocenters. The Labute approximate surface area is 165 Å². The summed E-state index contributed by atoms with van der Waals surface area (Å²) in [5.74, 6) is 0.372. The molecule has 3 nitrogen and oxygen atoms in total. The number of likely N-dealkylation sites (tertiary alicyclic amines) is 1. The molecule has 5 heteroatoms. The molecule has 0 saturated carbocycles. The highest BCUT2D eigenvalue weighted by atomic mass is 35.5. The molecule has 26 heavy (non-hydrogen) atoms. The van der Waals surface area contributed by atoms with Crippen LogP contribution >= 0.6 is 23.2 Å². The van der Waals surface area contributed by atoms with Crippen LogP contribution in [0.4, 0.5) is 0 Å². The van der Waals surface area contributed by atoms with Gasteiger partial charge < -0.3 is 4.90 Å². The van der Waals surface area contributed by atoms with Gasteiger partial charge in [-0.1, -0.05) is 59.6 Å². The summed E-state index contributed by atoms with van der Waals surface area (Å²) in [5.41, 5.74) is 2.32. The van der Waals surface area contributed by atoms with Crippen LogP contribution < -0.4 is 0 Å². The largest absolute Gasteiger partial charge is 0.341 e. The Hall–Kier alpha value is -1.55. The molecule has 0 radical (unpaired) electrons. The van der Waals surface area contributed by atoms with E-state index in [-0.39, 0.29) is 11.8 Å². The number of rotatable bonds is 5. The molecule has 0 spiro atoms. The van der Waals surface area contributed by atoms with Crippen molar-refractivity contribution in [3.8, 4) is 0 Å². The highest BCUT2D eigenvalue weighted by Gasteiger charge is 2.27. The summed E-state index contributed by atoms with van der Waals surface area (Å²) in [6, 6.07) is 15.9. The van der Waals surface area contributed by atoms with Crippen LogP contribution in [0.1, 0.15) is 24.0 Å². The van der Waals surface area contributed by atoms with Crippen molar-refractivity contribution in [2.24, 2.45) is 5.92 Å². The molecule has 0 aliphatic carbocycles. The number of piperidine rings is 1. The molecule has 0 N–H and O–H groups in total. The standard InChI is InChI=1S/C21H24Cl2N2O/c1-24(14-16-5-3-2-4-6-16)21(26)18-9-11-25(12-10-18)15-17-7-8-19(22)20(23)13-17/h2-8,13,18H,9-12,14-15H2,1H3. The third-order valence-electron chi connectivity index (χ3n) is 4.97. The van der Waals surface area contributed by atoms with Gasteiger partial charge in [0.05, 0.1) is 10.0 Å². The van der Waals surface area contributed by atoms with Crippen molar-refractivity contribution in [1.29, 1.82) is 0 Å². The summed E-state index contributed by atoms with van der Waals surface area (Å²) in [5, 5.41) is 1.18. The Bertz CT molecular complexity index is 743. The maximum absolute atomic E-state index is 12.7. The third kappa shape index (κ3) is 5.00. The van der Waals surface area contributed by atoms with E-state index in [0.29, 0.717) is 16.6 Å². The topological polar surface area (TPSA) is 23.6 Å². The van der Waals surface area contributed by atoms with Gasteiger partial charge in [0.2, 0.25) is 5.91 Å². The number of hydrogen-bond acceptors (Lipinski definition) is 2. The monoisotopic (exact) mass is 390 g/mol. The smallest absolute Gasteiger partial charge is 0.225 e. The fourth-order valence-electron chi connectivity index (χ4n) is 3.48. The summed E-state index contributed by atoms with van der Waals surface area (Å²) in [7, 11) is 1.90. The van der Waals surface area contributed by atoms with E-state index >= 15 is 0 Å². The van der Waals surface area contributed by atoms with Gasteiger partial charge in [-0.3, -0.25) is 9.69 Å². The Kier molecular flexibility index (Phi) is 6.58. The first-order chi connectivity index (χ1) is 12.5. The normalized spacial score (nSPS) is 15.8. The molecule has 0 aromatic heterocycles. The second-order valence-corrected chi connectivity index (χ2v) is 7.79. The minimum absolute atomic E-state index is 0.119. The number of halogens is 2. The van der Waals surface area contributed by atoms with E-state index in [1.54, 1.807) is 0 Å². The molecule has 138 valence electrons. The SMILES string of the molecule is CN(Cc1ccccc1)C(=O)C1CCN(Cc2ccc(Cl)c(Cl)c2)CC1. The minimum atomic E-state index is 0.119. The van der Waals surface area contributed by atoms with Crippen LogP contribution in [0.5, 0.6) is 0 Å². The maximum Gasteiger partial charge on any atom is 0.225 e. The lowest BCUT2D eigenvalue weighted by Crippen LogP contribution is -2.40. The van der Waals surface area contributed by atoms with Crippen LogP contribution in [0, 0.1) is 5.92 Å². The van der Waals surface area contributed by atoms with Crippen LogP contribution in [0.3, 0.4) is 0 Å². The van der Waals surface area contributed by atoms with E-state index < -0.39 is 0 Å². The Morgan fingerprint density at radius 1 is 1.04 bits per heavy atom. The van der Waals surface area contributed by atoms with Gasteiger partial charge in [0.1, 0.15) is 0 Å². The minimum Gasteiger partial charge on any atom is -0.341 e. The van der Waals surface area contributed by atoms with Gasteiger partial charge in [-0.15, -0.1) is 0 Å². The van der Waals surface area contributed by atoms with Crippen molar-refractivity contribution in [1.82, 2.24) is 9.80 Å². The van der Waals surface area contributed by atoms with Gasteiger partial charge in [0.15, 0.2) is 0 Å². The predicted molar refractivity (Wildman–Crippen MR) is 107 cm³/mol. The number of hydrogen-bond donors (Lipinski definition) is 0. The van der Waals surface area contributed by atoms with Gasteiger partial charge in [-0.05, 0) is 49.2 Å². The number of carbonyl (C=O) groups is 1. The molecule has 1 aliphatic rings. The summed E-state index contributed by atoms with van der Waals surface area (Å²) in [4.78, 5) is 17.0. The zero-order valence-electron chi connectivity index (χ0n) is 15.0. The number of nitrogens with zero attached hydrogens (tertiary/aromatic N) is 2. The summed E-state index contributed by atoms with van der Waals surface area (Å²) in [6.07, 6.45) is 1.80. The zero-order valence-corrected chi connectivity index (χ0v) is 16.5. The number of carbonyl (C=O) groups excluding carboxylic acids is 1. The molecule has 0 atom stereocenters. The first-order valence-corrected chi connectivity index (χ1v) is 9.73. The van der Waals surface area contributed by atoms with Crippen molar-refractivity contribution in [2.75, 3.05) is 20.1 Å². The number of benzene rings is 2. The lowest BCUT2D eigenvalue weighted by molar-refractivity contribution is -0.136. The summed E-state index contributed by atoms with van der Waals surface area (Å²) < 4.78 is 0. The Balaban J connectivity index is 1.49. The van der Waals surface area contributed by atoms with E-state index in [0.717, 1.165) is 38.0 Å². The summed E-state index contributed by atoms with van der Waals surface area (Å²) in [6.45, 7) is 3.37. The van der Waals surface area contributed by atoms with E-state index in [1.807, 2.05) is 48.3 Å². The maximum atomic E-state index is 12.7. The molecule has 3 rings (SSSR count). The van der Waals surface area contributed by atoms with Gasteiger partial charge in [-0.2, -0.15) is 0 Å². The van der Waals surface area contributed by atoms with Gasteiger partial charge in [0.25, 0.3) is 0 Å². The molecule has 1 amide bonds. The fraction of sp³-hybridized carbons (Fsp3) is 0.381. The molecule has 2 aromatic carbocycles. The number of amides is 1. The van der Waals surface area contributed by atoms with Crippen LogP contribution in [-0.4, -0.2) is 35.8 Å². The lowest BCUT2D eigenvalue weighted by atomic mass is 9.95. The molecular weight excluding hydrogens is 367 g/mol. The van der Waals surface area contributed by atoms with Crippen molar-refractivity contribution >= 4 is 29.1 Å². The second-order valence-electron chi connectivity index (χ2n) is 6.98. The lowest BCUT2D eigenvalue weighted by Gasteiger charge is -2.33. The summed E-state index contributed by atoms with van der Waals surface area (Å²) >= 11 is 12.1. The van der Waals surface area contributed by atoms with Crippen molar-refractivity contribution in [3.05, 3.63) is 69.7 Å². The van der Waals surface area contributed by atoms with Crippen LogP contribution in [0.25, 0.3) is 0 Å². The van der Waals surface area contributed by atoms with E-state index in [2.05, 4.69) is 17.0 Å². The predicted octanol–water partition coefficient (Wildman–Crippen LogP) is 4.86. The van der Waals surface area contributed by atoms with Crippen molar-refractivity contribution in [3.63, 3.8) is 0 Å². The molecular formula is C21H24Cl2N2O. The fourth-order valence-corrected chi connectivity index (χ4v) is 3.80. The molecule has 1 heterocycles. The van der Waals surface area contributed by atoms with Crippen LogP contribution in [-0.2, 0) is 17.9 Å². The first kappa shape index (κ1) is 19.2. The Morgan fingerprint density at radius 3 is 2.38 bits per heavy atom. The van der Waals surface area contributed by atoms with Crippen LogP contribution in [0.15, 0.2) is 48.5 Å². The highest BCUT2D eigenvalue weighted by Crippen LogP contribution is 2.25. The molecule has 1 fully saturated rings. The van der Waals surface area contributed by atoms with Gasteiger partial charge >= 0.3 is 0 Å². The quantitative estimate of drug-likeness (QED) is 0.727. The highest BCUT2D eigenvalue weighted by molar-refractivity contribution is 6.42. The molecule has 2 aromatic rings. The van der Waals surface area contributed by atoms with Crippen LogP contribution in [0.2, 0.25) is 10.0 Å². The first-order valence-electron chi connectivity index (χ1n) is 8.98. The zero-order chi connectivity index (χ0) is 18.5. The Morgan fingerprint density at radius 2 is 1.73 bits per heavy atom. The van der Waals surface area contributed by atoms with Gasteiger partial charge in [0, 0.05) is 26.1 Å². The molecule has 1 aliphatic heterocycles. The van der Waals surface area contributed by atoms with Crippen molar-refractivity contribution < 1.29 is 4.79 Å². The van der Waals surface area contributed by atoms with E-state index in [1.165, 1.54) is 5.56 Å².